The Hall–Kier alpha value is -0.830. The zero-order valence-electron chi connectivity index (χ0n) is 11.2. The highest BCUT2D eigenvalue weighted by Crippen LogP contribution is 2.33. The Morgan fingerprint density at radius 2 is 2.11 bits per heavy atom. The maximum atomic E-state index is 11.4. The van der Waals surface area contributed by atoms with Crippen molar-refractivity contribution in [2.24, 2.45) is 5.92 Å². The molecule has 1 aromatic carbocycles. The topological polar surface area (TPSA) is 20.3 Å². The van der Waals surface area contributed by atoms with E-state index in [1.54, 1.807) is 6.92 Å². The van der Waals surface area contributed by atoms with E-state index in [2.05, 4.69) is 46.8 Å². The van der Waals surface area contributed by atoms with Crippen molar-refractivity contribution in [1.82, 2.24) is 0 Å². The molecular weight excluding hydrogens is 290 g/mol. The molecule has 2 rings (SSSR count). The maximum absolute atomic E-state index is 11.4. The van der Waals surface area contributed by atoms with Gasteiger partial charge in [0.2, 0.25) is 0 Å². The minimum absolute atomic E-state index is 0.103. The van der Waals surface area contributed by atoms with Gasteiger partial charge in [-0.15, -0.1) is 0 Å². The molecule has 0 radical (unpaired) electrons. The van der Waals surface area contributed by atoms with E-state index in [1.165, 1.54) is 18.5 Å². The number of carbonyl (C=O) groups excluding carboxylic acids is 1. The van der Waals surface area contributed by atoms with Gasteiger partial charge in [-0.2, -0.15) is 0 Å². The van der Waals surface area contributed by atoms with E-state index in [9.17, 15) is 4.79 Å². The van der Waals surface area contributed by atoms with Crippen molar-refractivity contribution in [3.63, 3.8) is 0 Å². The zero-order chi connectivity index (χ0) is 13.3. The number of hydrogen-bond acceptors (Lipinski definition) is 2. The number of carbonyl (C=O) groups is 1. The molecule has 0 heterocycles. The van der Waals surface area contributed by atoms with Crippen LogP contribution in [0.3, 0.4) is 0 Å². The molecule has 0 aliphatic heterocycles. The molecule has 1 saturated carbocycles. The lowest BCUT2D eigenvalue weighted by molar-refractivity contribution is 0.101. The molecule has 0 unspecified atom stereocenters. The summed E-state index contributed by atoms with van der Waals surface area (Å²) in [7, 11) is 0. The van der Waals surface area contributed by atoms with E-state index in [0.717, 1.165) is 22.5 Å². The van der Waals surface area contributed by atoms with Crippen LogP contribution in [-0.4, -0.2) is 18.4 Å². The predicted molar refractivity (Wildman–Crippen MR) is 79.4 cm³/mol. The van der Waals surface area contributed by atoms with Crippen molar-refractivity contribution in [3.8, 4) is 0 Å². The molecule has 0 bridgehead atoms. The van der Waals surface area contributed by atoms with Crippen LogP contribution in [0.15, 0.2) is 22.7 Å². The predicted octanol–water partition coefficient (Wildman–Crippen LogP) is 4.28. The summed E-state index contributed by atoms with van der Waals surface area (Å²) in [6.45, 7) is 7.16. The van der Waals surface area contributed by atoms with Crippen LogP contribution >= 0.6 is 15.9 Å². The standard InChI is InChI=1S/C15H20BrNO/c1-10(2)17(9-12-4-5-12)13-6-7-14(11(3)18)15(16)8-13/h6-8,10,12H,4-5,9H2,1-3H3. The molecule has 0 aromatic heterocycles. The van der Waals surface area contributed by atoms with Crippen LogP contribution in [0.1, 0.15) is 44.0 Å². The Balaban J connectivity index is 2.24. The number of nitrogens with zero attached hydrogens (tertiary/aromatic N) is 1. The molecule has 2 nitrogen and oxygen atoms in total. The van der Waals surface area contributed by atoms with E-state index in [4.69, 9.17) is 0 Å². The van der Waals surface area contributed by atoms with Crippen molar-refractivity contribution in [3.05, 3.63) is 28.2 Å². The number of ketones is 1. The molecule has 0 atom stereocenters. The van der Waals surface area contributed by atoms with Gasteiger partial charge in [-0.25, -0.2) is 0 Å². The first kappa shape index (κ1) is 13.6. The van der Waals surface area contributed by atoms with E-state index >= 15 is 0 Å². The van der Waals surface area contributed by atoms with Gasteiger partial charge in [0.15, 0.2) is 5.78 Å². The molecule has 98 valence electrons. The molecular formula is C15H20BrNO. The SMILES string of the molecule is CC(=O)c1ccc(N(CC2CC2)C(C)C)cc1Br. The van der Waals surface area contributed by atoms with Crippen LogP contribution in [0.2, 0.25) is 0 Å². The van der Waals surface area contributed by atoms with Gasteiger partial charge in [-0.1, -0.05) is 0 Å². The summed E-state index contributed by atoms with van der Waals surface area (Å²) in [5, 5.41) is 0. The van der Waals surface area contributed by atoms with Gasteiger partial charge in [0.25, 0.3) is 0 Å². The molecule has 1 aliphatic rings. The maximum Gasteiger partial charge on any atom is 0.160 e. The molecule has 1 aliphatic carbocycles. The average Bonchev–Trinajstić information content (AvgIpc) is 3.08. The summed E-state index contributed by atoms with van der Waals surface area (Å²) < 4.78 is 0.897. The lowest BCUT2D eigenvalue weighted by Gasteiger charge is -2.29. The van der Waals surface area contributed by atoms with E-state index in [1.807, 2.05) is 6.07 Å². The highest BCUT2D eigenvalue weighted by Gasteiger charge is 2.26. The second-order valence-electron chi connectivity index (χ2n) is 5.41. The summed E-state index contributed by atoms with van der Waals surface area (Å²) >= 11 is 3.50. The fourth-order valence-electron chi connectivity index (χ4n) is 2.16. The van der Waals surface area contributed by atoms with Crippen molar-refractivity contribution >= 4 is 27.4 Å². The van der Waals surface area contributed by atoms with E-state index in [-0.39, 0.29) is 5.78 Å². The summed E-state index contributed by atoms with van der Waals surface area (Å²) in [4.78, 5) is 13.8. The minimum atomic E-state index is 0.103. The van der Waals surface area contributed by atoms with Gasteiger partial charge >= 0.3 is 0 Å². The van der Waals surface area contributed by atoms with Gasteiger partial charge in [-0.3, -0.25) is 4.79 Å². The van der Waals surface area contributed by atoms with Crippen molar-refractivity contribution in [2.45, 2.75) is 39.7 Å². The van der Waals surface area contributed by atoms with Gasteiger partial charge in [0, 0.05) is 28.3 Å². The number of rotatable bonds is 5. The number of anilines is 1. The lowest BCUT2D eigenvalue weighted by atomic mass is 10.1. The third-order valence-electron chi connectivity index (χ3n) is 3.44. The first-order valence-corrected chi connectivity index (χ1v) is 7.35. The quantitative estimate of drug-likeness (QED) is 0.757. The third-order valence-corrected chi connectivity index (χ3v) is 4.09. The molecule has 0 saturated heterocycles. The Morgan fingerprint density at radius 3 is 2.56 bits per heavy atom. The Bertz CT molecular complexity index is 452. The average molecular weight is 310 g/mol. The van der Waals surface area contributed by atoms with Gasteiger partial charge in [0.05, 0.1) is 0 Å². The summed E-state index contributed by atoms with van der Waals surface area (Å²) in [5.74, 6) is 0.963. The number of halogens is 1. The smallest absolute Gasteiger partial charge is 0.160 e. The normalized spacial score (nSPS) is 14.9. The lowest BCUT2D eigenvalue weighted by Crippen LogP contribution is -2.32. The Kier molecular flexibility index (Phi) is 4.10. The highest BCUT2D eigenvalue weighted by atomic mass is 79.9. The summed E-state index contributed by atoms with van der Waals surface area (Å²) in [6, 6.07) is 6.54. The van der Waals surface area contributed by atoms with Crippen molar-refractivity contribution in [1.29, 1.82) is 0 Å². The van der Waals surface area contributed by atoms with E-state index < -0.39 is 0 Å². The Morgan fingerprint density at radius 1 is 1.44 bits per heavy atom. The van der Waals surface area contributed by atoms with Crippen LogP contribution in [0.25, 0.3) is 0 Å². The molecule has 18 heavy (non-hydrogen) atoms. The van der Waals surface area contributed by atoms with Crippen LogP contribution < -0.4 is 4.90 Å². The van der Waals surface area contributed by atoms with Gasteiger partial charge in [-0.05, 0) is 73.7 Å². The third kappa shape index (κ3) is 3.14. The van der Waals surface area contributed by atoms with Crippen LogP contribution in [0.4, 0.5) is 5.69 Å². The van der Waals surface area contributed by atoms with Crippen LogP contribution in [-0.2, 0) is 0 Å². The monoisotopic (exact) mass is 309 g/mol. The largest absolute Gasteiger partial charge is 0.369 e. The van der Waals surface area contributed by atoms with E-state index in [0.29, 0.717) is 6.04 Å². The van der Waals surface area contributed by atoms with Crippen LogP contribution in [0.5, 0.6) is 0 Å². The molecule has 0 spiro atoms. The Labute approximate surface area is 117 Å². The molecule has 3 heteroatoms. The first-order chi connectivity index (χ1) is 8.49. The second-order valence-corrected chi connectivity index (χ2v) is 6.26. The summed E-state index contributed by atoms with van der Waals surface area (Å²) in [5.41, 5.74) is 1.96. The number of benzene rings is 1. The van der Waals surface area contributed by atoms with Crippen LogP contribution in [0, 0.1) is 5.92 Å². The van der Waals surface area contributed by atoms with Crippen molar-refractivity contribution < 1.29 is 4.79 Å². The second kappa shape index (κ2) is 5.43. The molecule has 1 fully saturated rings. The molecule has 1 aromatic rings. The minimum Gasteiger partial charge on any atom is -0.369 e. The zero-order valence-corrected chi connectivity index (χ0v) is 12.8. The fraction of sp³-hybridized carbons (Fsp3) is 0.533. The first-order valence-electron chi connectivity index (χ1n) is 6.56. The fourth-order valence-corrected chi connectivity index (χ4v) is 2.81. The van der Waals surface area contributed by atoms with Crippen molar-refractivity contribution in [2.75, 3.05) is 11.4 Å². The van der Waals surface area contributed by atoms with Gasteiger partial charge < -0.3 is 4.90 Å². The highest BCUT2D eigenvalue weighted by molar-refractivity contribution is 9.10. The molecule has 0 amide bonds. The van der Waals surface area contributed by atoms with Gasteiger partial charge in [0.1, 0.15) is 0 Å². The number of hydrogen-bond donors (Lipinski definition) is 0. The summed E-state index contributed by atoms with van der Waals surface area (Å²) in [6.07, 6.45) is 2.71. The number of Topliss-reactive ketones (excluding diaryl/α,β-unsaturated/α-hetero) is 1. The molecule has 0 N–H and O–H groups in total.